The number of rotatable bonds is 1. The number of hydrogen-bond acceptors (Lipinski definition) is 3. The minimum Gasteiger partial charge on any atom is -0.497 e. The van der Waals surface area contributed by atoms with Gasteiger partial charge in [0.15, 0.2) is 5.78 Å². The number of methoxy groups -OCH3 is 1. The summed E-state index contributed by atoms with van der Waals surface area (Å²) in [5, 5.41) is 11.1. The Hall–Kier alpha value is -1.61. The van der Waals surface area contributed by atoms with Crippen LogP contribution in [0.5, 0.6) is 5.75 Å². The van der Waals surface area contributed by atoms with Gasteiger partial charge in [0.25, 0.3) is 0 Å². The number of allylic oxidation sites excluding steroid dienone is 1. The maximum atomic E-state index is 12.6. The third-order valence-corrected chi connectivity index (χ3v) is 7.95. The lowest BCUT2D eigenvalue weighted by atomic mass is 9.48. The Morgan fingerprint density at radius 1 is 1.25 bits per heavy atom. The van der Waals surface area contributed by atoms with Crippen molar-refractivity contribution in [3.8, 4) is 5.75 Å². The summed E-state index contributed by atoms with van der Waals surface area (Å²) in [6, 6.07) is 6.47. The fourth-order valence-electron chi connectivity index (χ4n) is 6.57. The molecule has 3 heteroatoms. The molecule has 2 fully saturated rings. The van der Waals surface area contributed by atoms with Gasteiger partial charge in [0.2, 0.25) is 0 Å². The van der Waals surface area contributed by atoms with E-state index < -0.39 is 5.60 Å². The van der Waals surface area contributed by atoms with E-state index in [0.29, 0.717) is 18.3 Å². The van der Waals surface area contributed by atoms with Crippen molar-refractivity contribution in [2.75, 3.05) is 7.11 Å². The minimum atomic E-state index is -1.22. The van der Waals surface area contributed by atoms with Crippen LogP contribution in [0.4, 0.5) is 0 Å². The quantitative estimate of drug-likeness (QED) is 0.805. The molecule has 0 saturated heterocycles. The Kier molecular flexibility index (Phi) is 2.65. The van der Waals surface area contributed by atoms with Gasteiger partial charge in [-0.3, -0.25) is 4.79 Å². The first-order chi connectivity index (χ1) is 11.5. The minimum absolute atomic E-state index is 0.0358. The lowest BCUT2D eigenvalue weighted by Gasteiger charge is -2.55. The number of benzene rings is 1. The van der Waals surface area contributed by atoms with E-state index in [2.05, 4.69) is 31.2 Å². The van der Waals surface area contributed by atoms with Gasteiger partial charge in [0.1, 0.15) is 11.4 Å². The summed E-state index contributed by atoms with van der Waals surface area (Å²) in [6.45, 7) is 2.15. The monoisotopic (exact) mass is 324 g/mol. The Bertz CT molecular complexity index is 781. The number of carbonyl (C=O) groups excluding carboxylic acids is 1. The van der Waals surface area contributed by atoms with Crippen molar-refractivity contribution in [2.45, 2.75) is 50.5 Å². The van der Waals surface area contributed by atoms with E-state index in [4.69, 9.17) is 4.74 Å². The molecule has 0 radical (unpaired) electrons. The summed E-state index contributed by atoms with van der Waals surface area (Å²) in [6.07, 6.45) is 8.64. The van der Waals surface area contributed by atoms with Crippen molar-refractivity contribution in [2.24, 2.45) is 16.7 Å². The molecule has 5 atom stereocenters. The summed E-state index contributed by atoms with van der Waals surface area (Å²) < 4.78 is 5.39. The number of aliphatic hydroxyl groups is 1. The molecule has 4 aliphatic carbocycles. The number of fused-ring (bicyclic) bond motifs is 3. The van der Waals surface area contributed by atoms with E-state index >= 15 is 0 Å². The van der Waals surface area contributed by atoms with Crippen LogP contribution in [0.2, 0.25) is 0 Å². The average molecular weight is 324 g/mol. The average Bonchev–Trinajstić information content (AvgIpc) is 2.93. The Morgan fingerprint density at radius 2 is 2.08 bits per heavy atom. The molecule has 1 aromatic rings. The summed E-state index contributed by atoms with van der Waals surface area (Å²) >= 11 is 0. The molecule has 0 amide bonds. The smallest absolute Gasteiger partial charge is 0.169 e. The molecular formula is C21H24O3. The van der Waals surface area contributed by atoms with Crippen LogP contribution >= 0.6 is 0 Å². The molecule has 5 rings (SSSR count). The Labute approximate surface area is 142 Å². The molecule has 3 nitrogen and oxygen atoms in total. The highest BCUT2D eigenvalue weighted by atomic mass is 16.5. The van der Waals surface area contributed by atoms with Gasteiger partial charge in [0.05, 0.1) is 7.11 Å². The third-order valence-electron chi connectivity index (χ3n) is 7.95. The van der Waals surface area contributed by atoms with Gasteiger partial charge in [-0.2, -0.15) is 0 Å². The number of hydrogen-bond donors (Lipinski definition) is 1. The van der Waals surface area contributed by atoms with Crippen LogP contribution in [0.1, 0.15) is 49.7 Å². The number of carbonyl (C=O) groups is 1. The lowest BCUT2D eigenvalue weighted by molar-refractivity contribution is -0.138. The molecule has 126 valence electrons. The highest BCUT2D eigenvalue weighted by Gasteiger charge is 2.74. The van der Waals surface area contributed by atoms with Crippen LogP contribution in [0.15, 0.2) is 30.4 Å². The first-order valence-electron chi connectivity index (χ1n) is 9.08. The standard InChI is InChI=1S/C21H24O3/c1-19-8-7-16-15-5-4-14(24-2)11-13(15)3-6-17(16)20(19)9-10-21(19,23)18(22)12-20/h4-5,9-11,16-17,23H,3,6-8,12H2,1-2H3/t16-,17+,19+,20+,21+/m1/s1. The van der Waals surface area contributed by atoms with Crippen molar-refractivity contribution < 1.29 is 14.6 Å². The molecule has 24 heavy (non-hydrogen) atoms. The van der Waals surface area contributed by atoms with E-state index in [1.165, 1.54) is 11.1 Å². The number of Topliss-reactive ketones (excluding diaryl/α,β-unsaturated/α-hetero) is 1. The maximum Gasteiger partial charge on any atom is 0.169 e. The van der Waals surface area contributed by atoms with Gasteiger partial charge in [-0.25, -0.2) is 0 Å². The molecule has 0 heterocycles. The number of aryl methyl sites for hydroxylation is 1. The second-order valence-electron chi connectivity index (χ2n) is 8.43. The lowest BCUT2D eigenvalue weighted by Crippen LogP contribution is -2.53. The first kappa shape index (κ1) is 14.7. The Balaban J connectivity index is 1.62. The molecule has 2 saturated carbocycles. The van der Waals surface area contributed by atoms with Crippen LogP contribution in [-0.2, 0) is 11.2 Å². The largest absolute Gasteiger partial charge is 0.497 e. The second kappa shape index (κ2) is 4.32. The fraction of sp³-hybridized carbons (Fsp3) is 0.571. The summed E-state index contributed by atoms with van der Waals surface area (Å²) in [5.74, 6) is 1.91. The van der Waals surface area contributed by atoms with Gasteiger partial charge in [0, 0.05) is 17.3 Å². The van der Waals surface area contributed by atoms with Crippen molar-refractivity contribution in [1.82, 2.24) is 0 Å². The SMILES string of the molecule is COc1ccc2c(c1)CC[C@H]1[C@@H]2CC[C@@]2(C)[C@]13C=C[C@]2(O)C(=O)C3. The zero-order valence-corrected chi connectivity index (χ0v) is 14.3. The zero-order valence-electron chi connectivity index (χ0n) is 14.3. The predicted octanol–water partition coefficient (Wildman–Crippen LogP) is 3.40. The van der Waals surface area contributed by atoms with Crippen molar-refractivity contribution >= 4 is 5.78 Å². The van der Waals surface area contributed by atoms with Crippen molar-refractivity contribution in [3.05, 3.63) is 41.5 Å². The van der Waals surface area contributed by atoms with Crippen LogP contribution in [0, 0.1) is 16.7 Å². The topological polar surface area (TPSA) is 46.5 Å². The zero-order chi connectivity index (χ0) is 16.7. The van der Waals surface area contributed by atoms with Crippen LogP contribution < -0.4 is 4.74 Å². The van der Waals surface area contributed by atoms with Gasteiger partial charge in [-0.05, 0) is 66.9 Å². The van der Waals surface area contributed by atoms with E-state index in [-0.39, 0.29) is 16.6 Å². The second-order valence-corrected chi connectivity index (χ2v) is 8.43. The molecule has 0 spiro atoms. The van der Waals surface area contributed by atoms with Crippen molar-refractivity contribution in [3.63, 3.8) is 0 Å². The molecular weight excluding hydrogens is 300 g/mol. The Morgan fingerprint density at radius 3 is 2.83 bits per heavy atom. The van der Waals surface area contributed by atoms with Crippen LogP contribution in [0.25, 0.3) is 0 Å². The molecule has 1 N–H and O–H groups in total. The van der Waals surface area contributed by atoms with Gasteiger partial charge in [-0.15, -0.1) is 0 Å². The molecule has 2 bridgehead atoms. The van der Waals surface area contributed by atoms with E-state index in [9.17, 15) is 9.90 Å². The predicted molar refractivity (Wildman–Crippen MR) is 91.0 cm³/mol. The van der Waals surface area contributed by atoms with Gasteiger partial charge < -0.3 is 9.84 Å². The number of ether oxygens (including phenoxy) is 1. The normalized spacial score (nSPS) is 44.9. The summed E-state index contributed by atoms with van der Waals surface area (Å²) in [7, 11) is 1.71. The van der Waals surface area contributed by atoms with Crippen LogP contribution in [-0.4, -0.2) is 23.6 Å². The highest BCUT2D eigenvalue weighted by molar-refractivity contribution is 5.96. The fourth-order valence-corrected chi connectivity index (χ4v) is 6.57. The molecule has 1 aromatic carbocycles. The van der Waals surface area contributed by atoms with Gasteiger partial charge >= 0.3 is 0 Å². The molecule has 0 aromatic heterocycles. The maximum absolute atomic E-state index is 12.6. The first-order valence-corrected chi connectivity index (χ1v) is 9.08. The van der Waals surface area contributed by atoms with E-state index in [1.807, 2.05) is 6.08 Å². The van der Waals surface area contributed by atoms with E-state index in [1.54, 1.807) is 7.11 Å². The molecule has 0 aliphatic heterocycles. The number of ketones is 1. The molecule has 4 aliphatic rings. The van der Waals surface area contributed by atoms with Gasteiger partial charge in [-0.1, -0.05) is 19.1 Å². The van der Waals surface area contributed by atoms with Crippen molar-refractivity contribution in [1.29, 1.82) is 0 Å². The molecule has 0 unspecified atom stereocenters. The summed E-state index contributed by atoms with van der Waals surface area (Å²) in [4.78, 5) is 12.6. The highest BCUT2D eigenvalue weighted by Crippen LogP contribution is 2.73. The third kappa shape index (κ3) is 1.39. The van der Waals surface area contributed by atoms with Crippen LogP contribution in [0.3, 0.4) is 0 Å². The van der Waals surface area contributed by atoms with E-state index in [0.717, 1.165) is 31.4 Å². The summed E-state index contributed by atoms with van der Waals surface area (Å²) in [5.41, 5.74) is 1.14.